The molecule has 0 aromatic carbocycles. The number of ketones is 1. The van der Waals surface area contributed by atoms with Crippen LogP contribution in [0.1, 0.15) is 47.0 Å². The number of carbonyl (C=O) groups is 2. The van der Waals surface area contributed by atoms with Gasteiger partial charge in [-0.25, -0.2) is 0 Å². The second kappa shape index (κ2) is 3.79. The van der Waals surface area contributed by atoms with Gasteiger partial charge in [0.1, 0.15) is 6.29 Å². The van der Waals surface area contributed by atoms with E-state index >= 15 is 0 Å². The minimum Gasteiger partial charge on any atom is -0.299 e. The summed E-state index contributed by atoms with van der Waals surface area (Å²) in [5.41, 5.74) is 1.01. The summed E-state index contributed by atoms with van der Waals surface area (Å²) in [7, 11) is 0. The molecule has 17 heavy (non-hydrogen) atoms. The molecule has 0 N–H and O–H groups in total. The smallest absolute Gasteiger partial charge is 0.159 e. The lowest BCUT2D eigenvalue weighted by Crippen LogP contribution is -2.48. The Kier molecular flexibility index (Phi) is 2.80. The van der Waals surface area contributed by atoms with Gasteiger partial charge in [-0.05, 0) is 41.6 Å². The Hall–Kier alpha value is -0.920. The largest absolute Gasteiger partial charge is 0.299 e. The molecule has 0 radical (unpaired) electrons. The van der Waals surface area contributed by atoms with Crippen molar-refractivity contribution in [2.75, 3.05) is 0 Å². The molecule has 0 heterocycles. The summed E-state index contributed by atoms with van der Waals surface area (Å²) in [6.07, 6.45) is 5.21. The number of hydrogen-bond donors (Lipinski definition) is 0. The number of hydrogen-bond acceptors (Lipinski definition) is 2. The Balaban J connectivity index is 2.48. The third kappa shape index (κ3) is 1.46. The maximum atomic E-state index is 12.2. The van der Waals surface area contributed by atoms with Crippen LogP contribution in [-0.4, -0.2) is 12.1 Å². The number of Topliss-reactive ketones (excluding diaryl/α,β-unsaturated/α-hetero) is 1. The van der Waals surface area contributed by atoms with Crippen molar-refractivity contribution >= 4 is 12.1 Å². The predicted molar refractivity (Wildman–Crippen MR) is 67.5 cm³/mol. The van der Waals surface area contributed by atoms with Gasteiger partial charge in [-0.1, -0.05) is 27.7 Å². The van der Waals surface area contributed by atoms with Gasteiger partial charge in [0.15, 0.2) is 5.78 Å². The molecule has 2 aliphatic rings. The van der Waals surface area contributed by atoms with Crippen molar-refractivity contribution in [3.8, 4) is 0 Å². The minimum absolute atomic E-state index is 0.101. The van der Waals surface area contributed by atoms with E-state index in [9.17, 15) is 9.59 Å². The quantitative estimate of drug-likeness (QED) is 0.516. The molecular formula is C15H22O2. The molecule has 94 valence electrons. The Morgan fingerprint density at radius 2 is 1.88 bits per heavy atom. The summed E-state index contributed by atoms with van der Waals surface area (Å²) in [6.45, 7) is 8.94. The van der Waals surface area contributed by atoms with Gasteiger partial charge >= 0.3 is 0 Å². The van der Waals surface area contributed by atoms with Gasteiger partial charge in [-0.2, -0.15) is 0 Å². The number of aldehydes is 1. The minimum atomic E-state index is 0.101. The molecule has 2 saturated carbocycles. The van der Waals surface area contributed by atoms with Crippen LogP contribution in [0.2, 0.25) is 0 Å². The lowest BCUT2D eigenvalue weighted by Gasteiger charge is -2.51. The lowest BCUT2D eigenvalue weighted by atomic mass is 9.52. The van der Waals surface area contributed by atoms with E-state index in [-0.39, 0.29) is 22.5 Å². The SMILES string of the molecule is CC1CCC2(C)C(C)C(=CC=O)C(=O)CC12C. The van der Waals surface area contributed by atoms with Crippen molar-refractivity contribution in [1.82, 2.24) is 0 Å². The van der Waals surface area contributed by atoms with Crippen molar-refractivity contribution < 1.29 is 9.59 Å². The number of fused-ring (bicyclic) bond motifs is 1. The van der Waals surface area contributed by atoms with E-state index in [1.807, 2.05) is 0 Å². The molecule has 2 nitrogen and oxygen atoms in total. The Bertz CT molecular complexity index is 396. The van der Waals surface area contributed by atoms with Crippen molar-refractivity contribution in [3.63, 3.8) is 0 Å². The summed E-state index contributed by atoms with van der Waals surface area (Å²) in [5.74, 6) is 0.971. The fourth-order valence-electron chi connectivity index (χ4n) is 4.10. The van der Waals surface area contributed by atoms with Gasteiger partial charge in [0.2, 0.25) is 0 Å². The van der Waals surface area contributed by atoms with Crippen LogP contribution < -0.4 is 0 Å². The molecule has 0 aromatic rings. The highest BCUT2D eigenvalue weighted by atomic mass is 16.1. The maximum absolute atomic E-state index is 12.2. The maximum Gasteiger partial charge on any atom is 0.159 e. The summed E-state index contributed by atoms with van der Waals surface area (Å²) in [6, 6.07) is 0. The Labute approximate surface area is 103 Å². The second-order valence-corrected chi connectivity index (χ2v) is 6.35. The lowest BCUT2D eigenvalue weighted by molar-refractivity contribution is -0.127. The third-order valence-electron chi connectivity index (χ3n) is 6.01. The number of carbonyl (C=O) groups excluding carboxylic acids is 2. The second-order valence-electron chi connectivity index (χ2n) is 6.35. The Morgan fingerprint density at radius 1 is 1.24 bits per heavy atom. The van der Waals surface area contributed by atoms with E-state index in [4.69, 9.17) is 0 Å². The molecule has 0 aliphatic heterocycles. The molecule has 0 aromatic heterocycles. The summed E-state index contributed by atoms with van der Waals surface area (Å²) < 4.78 is 0. The highest BCUT2D eigenvalue weighted by Crippen LogP contribution is 2.65. The van der Waals surface area contributed by atoms with Crippen LogP contribution in [0.3, 0.4) is 0 Å². The molecule has 0 bridgehead atoms. The zero-order valence-corrected chi connectivity index (χ0v) is 11.2. The van der Waals surface area contributed by atoms with E-state index < -0.39 is 0 Å². The van der Waals surface area contributed by atoms with E-state index in [0.717, 1.165) is 18.3 Å². The molecule has 4 unspecified atom stereocenters. The van der Waals surface area contributed by atoms with Gasteiger partial charge < -0.3 is 0 Å². The van der Waals surface area contributed by atoms with Crippen molar-refractivity contribution in [2.24, 2.45) is 22.7 Å². The summed E-state index contributed by atoms with van der Waals surface area (Å²) in [5, 5.41) is 0. The van der Waals surface area contributed by atoms with Gasteiger partial charge in [-0.3, -0.25) is 9.59 Å². The summed E-state index contributed by atoms with van der Waals surface area (Å²) >= 11 is 0. The predicted octanol–water partition coefficient (Wildman–Crippen LogP) is 3.16. The molecule has 2 rings (SSSR count). The first kappa shape index (κ1) is 12.5. The molecule has 2 heteroatoms. The average Bonchev–Trinajstić information content (AvgIpc) is 2.50. The molecule has 2 aliphatic carbocycles. The highest BCUT2D eigenvalue weighted by Gasteiger charge is 2.59. The molecular weight excluding hydrogens is 212 g/mol. The monoisotopic (exact) mass is 234 g/mol. The fraction of sp³-hybridized carbons (Fsp3) is 0.733. The molecule has 0 spiro atoms. The number of allylic oxidation sites excluding steroid dienone is 2. The molecule has 0 saturated heterocycles. The van der Waals surface area contributed by atoms with E-state index in [0.29, 0.717) is 12.3 Å². The Morgan fingerprint density at radius 3 is 2.47 bits per heavy atom. The van der Waals surface area contributed by atoms with Crippen LogP contribution in [0, 0.1) is 22.7 Å². The topological polar surface area (TPSA) is 34.1 Å². The van der Waals surface area contributed by atoms with Crippen LogP contribution in [0.5, 0.6) is 0 Å². The van der Waals surface area contributed by atoms with E-state index in [2.05, 4.69) is 27.7 Å². The van der Waals surface area contributed by atoms with Gasteiger partial charge in [0, 0.05) is 12.0 Å². The highest BCUT2D eigenvalue weighted by molar-refractivity contribution is 6.00. The van der Waals surface area contributed by atoms with Crippen LogP contribution in [-0.2, 0) is 9.59 Å². The third-order valence-corrected chi connectivity index (χ3v) is 6.01. The molecule has 4 atom stereocenters. The van der Waals surface area contributed by atoms with E-state index in [1.54, 1.807) is 0 Å². The normalized spacial score (nSPS) is 48.2. The zero-order chi connectivity index (χ0) is 12.8. The summed E-state index contributed by atoms with van der Waals surface area (Å²) in [4.78, 5) is 22.9. The van der Waals surface area contributed by atoms with Crippen molar-refractivity contribution in [3.05, 3.63) is 11.6 Å². The first-order valence-electron chi connectivity index (χ1n) is 6.55. The van der Waals surface area contributed by atoms with Crippen LogP contribution in [0.25, 0.3) is 0 Å². The van der Waals surface area contributed by atoms with Gasteiger partial charge in [0.25, 0.3) is 0 Å². The first-order valence-corrected chi connectivity index (χ1v) is 6.55. The van der Waals surface area contributed by atoms with E-state index in [1.165, 1.54) is 12.5 Å². The van der Waals surface area contributed by atoms with Crippen molar-refractivity contribution in [1.29, 1.82) is 0 Å². The molecule has 0 amide bonds. The average molecular weight is 234 g/mol. The van der Waals surface area contributed by atoms with Crippen LogP contribution >= 0.6 is 0 Å². The molecule has 2 fully saturated rings. The van der Waals surface area contributed by atoms with Gasteiger partial charge in [-0.15, -0.1) is 0 Å². The first-order chi connectivity index (χ1) is 7.87. The standard InChI is InChI=1S/C15H22O2/c1-10-5-7-14(3)11(2)12(6-8-16)13(17)9-15(10,14)4/h6,8,10-11H,5,7,9H2,1-4H3. The van der Waals surface area contributed by atoms with Crippen LogP contribution in [0.15, 0.2) is 11.6 Å². The van der Waals surface area contributed by atoms with Gasteiger partial charge in [0.05, 0.1) is 0 Å². The fourth-order valence-corrected chi connectivity index (χ4v) is 4.10. The number of rotatable bonds is 1. The van der Waals surface area contributed by atoms with Crippen molar-refractivity contribution in [2.45, 2.75) is 47.0 Å². The van der Waals surface area contributed by atoms with Crippen LogP contribution in [0.4, 0.5) is 0 Å². The zero-order valence-electron chi connectivity index (χ0n) is 11.2.